The minimum Gasteiger partial charge on any atom is -0.481 e. The monoisotopic (exact) mass is 437 g/mol. The van der Waals surface area contributed by atoms with Gasteiger partial charge in [-0.3, -0.25) is 9.59 Å². The molecule has 0 radical (unpaired) electrons. The number of para-hydroxylation sites is 1. The molecule has 0 aliphatic carbocycles. The van der Waals surface area contributed by atoms with Crippen LogP contribution in [-0.2, 0) is 9.59 Å². The Kier molecular flexibility index (Phi) is 5.89. The van der Waals surface area contributed by atoms with Crippen LogP contribution in [0.4, 0.5) is 4.39 Å². The Morgan fingerprint density at radius 2 is 1.97 bits per heavy atom. The Morgan fingerprint density at radius 1 is 1.23 bits per heavy atom. The summed E-state index contributed by atoms with van der Waals surface area (Å²) in [5, 5.41) is 23.5. The Hall–Kier alpha value is -3.79. The SMILES string of the molecule is O=C(O)CC1S/C(=N\N=C/c2cn(-c3ccccc3)nc2-c2ccc(F)cc2)NC1=O. The third kappa shape index (κ3) is 4.86. The summed E-state index contributed by atoms with van der Waals surface area (Å²) in [4.78, 5) is 22.6. The fraction of sp³-hybridized carbons (Fsp3) is 0.0952. The van der Waals surface area contributed by atoms with E-state index in [0.717, 1.165) is 17.4 Å². The predicted octanol–water partition coefficient (Wildman–Crippen LogP) is 3.07. The van der Waals surface area contributed by atoms with Gasteiger partial charge in [-0.15, -0.1) is 5.10 Å². The van der Waals surface area contributed by atoms with Crippen molar-refractivity contribution in [3.63, 3.8) is 0 Å². The molecule has 2 heterocycles. The lowest BCUT2D eigenvalue weighted by molar-refractivity contribution is -0.138. The maximum atomic E-state index is 13.3. The topological polar surface area (TPSA) is 109 Å². The van der Waals surface area contributed by atoms with Crippen LogP contribution in [0.15, 0.2) is 71.0 Å². The van der Waals surface area contributed by atoms with E-state index in [4.69, 9.17) is 5.11 Å². The number of thioether (sulfide) groups is 1. The van der Waals surface area contributed by atoms with Crippen molar-refractivity contribution in [1.29, 1.82) is 0 Å². The predicted molar refractivity (Wildman–Crippen MR) is 116 cm³/mol. The number of hydrogen-bond donors (Lipinski definition) is 2. The summed E-state index contributed by atoms with van der Waals surface area (Å²) in [6.45, 7) is 0. The van der Waals surface area contributed by atoms with Crippen molar-refractivity contribution in [1.82, 2.24) is 15.1 Å². The van der Waals surface area contributed by atoms with Crippen LogP contribution in [0, 0.1) is 5.82 Å². The number of carboxylic acid groups (broad SMARTS) is 1. The normalized spacial score (nSPS) is 17.4. The second-order valence-electron chi connectivity index (χ2n) is 6.56. The third-order valence-corrected chi connectivity index (χ3v) is 5.44. The Labute approximate surface area is 180 Å². The number of hydrogen-bond acceptors (Lipinski definition) is 6. The van der Waals surface area contributed by atoms with Crippen molar-refractivity contribution in [2.24, 2.45) is 10.2 Å². The van der Waals surface area contributed by atoms with Gasteiger partial charge in [0.1, 0.15) is 16.8 Å². The molecule has 0 bridgehead atoms. The number of nitrogens with one attached hydrogen (secondary N) is 1. The van der Waals surface area contributed by atoms with Gasteiger partial charge in [0.05, 0.1) is 18.3 Å². The van der Waals surface area contributed by atoms with Crippen LogP contribution < -0.4 is 5.32 Å². The minimum atomic E-state index is -1.06. The molecular weight excluding hydrogens is 421 g/mol. The molecule has 1 aromatic heterocycles. The number of amides is 1. The third-order valence-electron chi connectivity index (χ3n) is 4.36. The highest BCUT2D eigenvalue weighted by atomic mass is 32.2. The fourth-order valence-corrected chi connectivity index (χ4v) is 3.83. The number of rotatable bonds is 6. The van der Waals surface area contributed by atoms with Crippen LogP contribution in [0.1, 0.15) is 12.0 Å². The molecular formula is C21H16FN5O3S. The lowest BCUT2D eigenvalue weighted by Gasteiger charge is -2.00. The number of aromatic nitrogens is 2. The summed E-state index contributed by atoms with van der Waals surface area (Å²) in [7, 11) is 0. The van der Waals surface area contributed by atoms with Crippen LogP contribution in [0.3, 0.4) is 0 Å². The first-order chi connectivity index (χ1) is 15.0. The summed E-state index contributed by atoms with van der Waals surface area (Å²) in [5.41, 5.74) is 2.76. The van der Waals surface area contributed by atoms with Crippen molar-refractivity contribution in [2.75, 3.05) is 0 Å². The van der Waals surface area contributed by atoms with Crippen LogP contribution in [0.25, 0.3) is 16.9 Å². The molecule has 2 aromatic carbocycles. The summed E-state index contributed by atoms with van der Waals surface area (Å²) < 4.78 is 15.0. The highest BCUT2D eigenvalue weighted by Crippen LogP contribution is 2.24. The molecule has 0 spiro atoms. The molecule has 8 nitrogen and oxygen atoms in total. The van der Waals surface area contributed by atoms with Crippen LogP contribution >= 0.6 is 11.8 Å². The smallest absolute Gasteiger partial charge is 0.305 e. The number of benzene rings is 2. The molecule has 0 saturated carbocycles. The first-order valence-electron chi connectivity index (χ1n) is 9.21. The van der Waals surface area contributed by atoms with Gasteiger partial charge in [-0.25, -0.2) is 9.07 Å². The summed E-state index contributed by atoms with van der Waals surface area (Å²) >= 11 is 1.02. The average molecular weight is 437 g/mol. The van der Waals surface area contributed by atoms with Gasteiger partial charge in [0, 0.05) is 17.3 Å². The number of aliphatic carboxylic acids is 1. The number of amidine groups is 1. The van der Waals surface area contributed by atoms with Gasteiger partial charge in [0.15, 0.2) is 5.17 Å². The number of halogens is 1. The maximum absolute atomic E-state index is 13.3. The molecule has 1 saturated heterocycles. The Morgan fingerprint density at radius 3 is 2.68 bits per heavy atom. The van der Waals surface area contributed by atoms with Crippen LogP contribution in [0.5, 0.6) is 0 Å². The van der Waals surface area contributed by atoms with Crippen molar-refractivity contribution >= 4 is 35.0 Å². The van der Waals surface area contributed by atoms with E-state index in [1.807, 2.05) is 30.3 Å². The standard InChI is InChI=1S/C21H16FN5O3S/c22-15-8-6-13(7-9-15)19-14(12-27(26-19)16-4-2-1-3-5-16)11-23-25-21-24-20(30)17(31-21)10-18(28)29/h1-9,11-12,17H,10H2,(H,28,29)(H,24,25,30)/b23-11-. The van der Waals surface area contributed by atoms with E-state index in [2.05, 4.69) is 20.6 Å². The first-order valence-corrected chi connectivity index (χ1v) is 10.1. The molecule has 4 rings (SSSR count). The molecule has 1 unspecified atom stereocenters. The largest absolute Gasteiger partial charge is 0.481 e. The van der Waals surface area contributed by atoms with Gasteiger partial charge in [-0.05, 0) is 36.4 Å². The number of nitrogens with zero attached hydrogens (tertiary/aromatic N) is 4. The molecule has 1 amide bonds. The van der Waals surface area contributed by atoms with Crippen molar-refractivity contribution < 1.29 is 19.1 Å². The molecule has 1 fully saturated rings. The second kappa shape index (κ2) is 8.92. The fourth-order valence-electron chi connectivity index (χ4n) is 2.92. The van der Waals surface area contributed by atoms with Gasteiger partial charge < -0.3 is 10.4 Å². The van der Waals surface area contributed by atoms with E-state index in [0.29, 0.717) is 16.8 Å². The number of carbonyl (C=O) groups is 2. The molecule has 1 aliphatic rings. The zero-order chi connectivity index (χ0) is 21.8. The maximum Gasteiger partial charge on any atom is 0.305 e. The van der Waals surface area contributed by atoms with Gasteiger partial charge in [0.2, 0.25) is 5.91 Å². The zero-order valence-electron chi connectivity index (χ0n) is 16.0. The van der Waals surface area contributed by atoms with Crippen molar-refractivity contribution in [3.8, 4) is 16.9 Å². The molecule has 1 aliphatic heterocycles. The molecule has 1 atom stereocenters. The van der Waals surface area contributed by atoms with Gasteiger partial charge in [-0.2, -0.15) is 10.2 Å². The van der Waals surface area contributed by atoms with Gasteiger partial charge in [0.25, 0.3) is 0 Å². The van der Waals surface area contributed by atoms with E-state index in [9.17, 15) is 14.0 Å². The van der Waals surface area contributed by atoms with E-state index >= 15 is 0 Å². The Bertz CT molecular complexity index is 1180. The van der Waals surface area contributed by atoms with Gasteiger partial charge in [-0.1, -0.05) is 30.0 Å². The van der Waals surface area contributed by atoms with E-state index in [1.54, 1.807) is 23.0 Å². The van der Waals surface area contributed by atoms with Crippen molar-refractivity contribution in [2.45, 2.75) is 11.7 Å². The van der Waals surface area contributed by atoms with E-state index in [-0.39, 0.29) is 17.4 Å². The van der Waals surface area contributed by atoms with Crippen LogP contribution in [0.2, 0.25) is 0 Å². The molecule has 156 valence electrons. The summed E-state index contributed by atoms with van der Waals surface area (Å²) in [6, 6.07) is 15.4. The second-order valence-corrected chi connectivity index (χ2v) is 7.75. The molecule has 10 heteroatoms. The molecule has 3 aromatic rings. The summed E-state index contributed by atoms with van der Waals surface area (Å²) in [5.74, 6) is -1.82. The summed E-state index contributed by atoms with van der Waals surface area (Å²) in [6.07, 6.45) is 2.96. The highest BCUT2D eigenvalue weighted by molar-refractivity contribution is 8.15. The first kappa shape index (κ1) is 20.5. The highest BCUT2D eigenvalue weighted by Gasteiger charge is 2.32. The van der Waals surface area contributed by atoms with Crippen molar-refractivity contribution in [3.05, 3.63) is 72.2 Å². The Balaban J connectivity index is 1.62. The van der Waals surface area contributed by atoms with Crippen LogP contribution in [-0.4, -0.2) is 43.4 Å². The molecule has 2 N–H and O–H groups in total. The van der Waals surface area contributed by atoms with Gasteiger partial charge >= 0.3 is 5.97 Å². The van der Waals surface area contributed by atoms with E-state index in [1.165, 1.54) is 18.3 Å². The number of carboxylic acids is 1. The minimum absolute atomic E-state index is 0.228. The van der Waals surface area contributed by atoms with E-state index < -0.39 is 17.1 Å². The lowest BCUT2D eigenvalue weighted by atomic mass is 10.1. The lowest BCUT2D eigenvalue weighted by Crippen LogP contribution is -2.26. The average Bonchev–Trinajstić information content (AvgIpc) is 3.33. The number of carbonyl (C=O) groups excluding carboxylic acids is 1. The molecule has 31 heavy (non-hydrogen) atoms. The quantitative estimate of drug-likeness (QED) is 0.455. The zero-order valence-corrected chi connectivity index (χ0v) is 16.8.